The Labute approximate surface area is 114 Å². The predicted octanol–water partition coefficient (Wildman–Crippen LogP) is 2.98. The molecule has 2 atom stereocenters. The zero-order valence-electron chi connectivity index (χ0n) is 11.5. The molecule has 2 rings (SSSR count). The van der Waals surface area contributed by atoms with Crippen LogP contribution in [-0.2, 0) is 20.7 Å². The molecule has 1 heterocycles. The van der Waals surface area contributed by atoms with E-state index in [-0.39, 0.29) is 18.0 Å². The first-order valence-electron chi connectivity index (χ1n) is 7.04. The molecule has 1 aromatic carbocycles. The van der Waals surface area contributed by atoms with Gasteiger partial charge in [0.1, 0.15) is 0 Å². The summed E-state index contributed by atoms with van der Waals surface area (Å²) in [5, 5.41) is 0. The van der Waals surface area contributed by atoms with E-state index in [0.29, 0.717) is 0 Å². The van der Waals surface area contributed by atoms with E-state index in [1.54, 1.807) is 0 Å². The summed E-state index contributed by atoms with van der Waals surface area (Å²) in [6.45, 7) is 0.767. The molecule has 1 aliphatic rings. The van der Waals surface area contributed by atoms with Gasteiger partial charge in [-0.3, -0.25) is 4.79 Å². The molecule has 1 saturated heterocycles. The first-order chi connectivity index (χ1) is 9.31. The van der Waals surface area contributed by atoms with Gasteiger partial charge in [0.15, 0.2) is 0 Å². The molecule has 3 heteroatoms. The highest BCUT2D eigenvalue weighted by molar-refractivity contribution is 5.73. The standard InChI is InChI=1S/C16H22O3/c1-18-16(17)14(15-9-5-6-12-19-15)11-10-13-7-3-2-4-8-13/h2-4,7-8,14-15H,5-6,9-12H2,1H3. The fourth-order valence-corrected chi connectivity index (χ4v) is 2.66. The molecule has 1 aliphatic heterocycles. The second-order valence-corrected chi connectivity index (χ2v) is 5.06. The Morgan fingerprint density at radius 1 is 1.37 bits per heavy atom. The van der Waals surface area contributed by atoms with Crippen molar-refractivity contribution in [2.24, 2.45) is 5.92 Å². The lowest BCUT2D eigenvalue weighted by molar-refractivity contribution is -0.153. The van der Waals surface area contributed by atoms with E-state index in [9.17, 15) is 4.79 Å². The van der Waals surface area contributed by atoms with Crippen molar-refractivity contribution in [2.75, 3.05) is 13.7 Å². The number of methoxy groups -OCH3 is 1. The van der Waals surface area contributed by atoms with Crippen molar-refractivity contribution in [1.29, 1.82) is 0 Å². The lowest BCUT2D eigenvalue weighted by atomic mass is 9.90. The summed E-state index contributed by atoms with van der Waals surface area (Å²) in [7, 11) is 1.46. The van der Waals surface area contributed by atoms with Crippen molar-refractivity contribution in [3.05, 3.63) is 35.9 Å². The van der Waals surface area contributed by atoms with Gasteiger partial charge in [0.2, 0.25) is 0 Å². The third-order valence-electron chi connectivity index (χ3n) is 3.75. The Morgan fingerprint density at radius 3 is 2.79 bits per heavy atom. The quantitative estimate of drug-likeness (QED) is 0.765. The van der Waals surface area contributed by atoms with Crippen LogP contribution in [-0.4, -0.2) is 25.8 Å². The number of carbonyl (C=O) groups is 1. The normalized spacial score (nSPS) is 20.8. The molecule has 104 valence electrons. The third kappa shape index (κ3) is 4.06. The van der Waals surface area contributed by atoms with Gasteiger partial charge in [-0.05, 0) is 37.7 Å². The van der Waals surface area contributed by atoms with E-state index in [2.05, 4.69) is 12.1 Å². The number of benzene rings is 1. The van der Waals surface area contributed by atoms with E-state index in [1.807, 2.05) is 18.2 Å². The molecule has 0 N–H and O–H groups in total. The maximum atomic E-state index is 11.9. The molecular formula is C16H22O3. The summed E-state index contributed by atoms with van der Waals surface area (Å²) in [6, 6.07) is 10.2. The summed E-state index contributed by atoms with van der Waals surface area (Å²) < 4.78 is 10.7. The molecule has 3 nitrogen and oxygen atoms in total. The number of rotatable bonds is 5. The zero-order valence-corrected chi connectivity index (χ0v) is 11.5. The molecule has 2 unspecified atom stereocenters. The molecule has 0 spiro atoms. The van der Waals surface area contributed by atoms with E-state index >= 15 is 0 Å². The molecular weight excluding hydrogens is 240 g/mol. The van der Waals surface area contributed by atoms with Gasteiger partial charge < -0.3 is 9.47 Å². The summed E-state index contributed by atoms with van der Waals surface area (Å²) in [4.78, 5) is 11.9. The van der Waals surface area contributed by atoms with Gasteiger partial charge in [0.05, 0.1) is 19.1 Å². The second-order valence-electron chi connectivity index (χ2n) is 5.06. The van der Waals surface area contributed by atoms with Crippen molar-refractivity contribution in [1.82, 2.24) is 0 Å². The molecule has 1 aromatic rings. The fourth-order valence-electron chi connectivity index (χ4n) is 2.66. The van der Waals surface area contributed by atoms with Gasteiger partial charge in [-0.15, -0.1) is 0 Å². The van der Waals surface area contributed by atoms with Gasteiger partial charge in [-0.25, -0.2) is 0 Å². The molecule has 0 aromatic heterocycles. The summed E-state index contributed by atoms with van der Waals surface area (Å²) in [5.41, 5.74) is 1.26. The Morgan fingerprint density at radius 2 is 2.16 bits per heavy atom. The fraction of sp³-hybridized carbons (Fsp3) is 0.562. The van der Waals surface area contributed by atoms with Crippen molar-refractivity contribution < 1.29 is 14.3 Å². The number of aryl methyl sites for hydroxylation is 1. The van der Waals surface area contributed by atoms with Gasteiger partial charge in [-0.2, -0.15) is 0 Å². The van der Waals surface area contributed by atoms with Crippen molar-refractivity contribution in [2.45, 2.75) is 38.2 Å². The Hall–Kier alpha value is -1.35. The van der Waals surface area contributed by atoms with Gasteiger partial charge in [-0.1, -0.05) is 30.3 Å². The molecule has 0 saturated carbocycles. The van der Waals surface area contributed by atoms with Crippen LogP contribution in [0.15, 0.2) is 30.3 Å². The van der Waals surface area contributed by atoms with Crippen LogP contribution in [0.1, 0.15) is 31.2 Å². The van der Waals surface area contributed by atoms with Gasteiger partial charge in [0.25, 0.3) is 0 Å². The maximum Gasteiger partial charge on any atom is 0.311 e. The van der Waals surface area contributed by atoms with Crippen molar-refractivity contribution >= 4 is 5.97 Å². The van der Waals surface area contributed by atoms with Gasteiger partial charge in [0, 0.05) is 6.61 Å². The number of ether oxygens (including phenoxy) is 2. The number of hydrogen-bond acceptors (Lipinski definition) is 3. The topological polar surface area (TPSA) is 35.5 Å². The SMILES string of the molecule is COC(=O)C(CCc1ccccc1)C1CCCCO1. The smallest absolute Gasteiger partial charge is 0.311 e. The Kier molecular flexibility index (Phi) is 5.40. The van der Waals surface area contributed by atoms with Crippen molar-refractivity contribution in [3.8, 4) is 0 Å². The van der Waals surface area contributed by atoms with E-state index in [1.165, 1.54) is 12.7 Å². The Bertz CT molecular complexity index is 382. The Balaban J connectivity index is 1.95. The maximum absolute atomic E-state index is 11.9. The summed E-state index contributed by atoms with van der Waals surface area (Å²) in [6.07, 6.45) is 4.92. The summed E-state index contributed by atoms with van der Waals surface area (Å²) >= 11 is 0. The van der Waals surface area contributed by atoms with Gasteiger partial charge >= 0.3 is 5.97 Å². The minimum Gasteiger partial charge on any atom is -0.469 e. The van der Waals surface area contributed by atoms with Crippen LogP contribution in [0.3, 0.4) is 0 Å². The average molecular weight is 262 g/mol. The van der Waals surface area contributed by atoms with E-state index < -0.39 is 0 Å². The molecule has 0 bridgehead atoms. The number of carbonyl (C=O) groups excluding carboxylic acids is 1. The van der Waals surface area contributed by atoms with Crippen LogP contribution in [0, 0.1) is 5.92 Å². The molecule has 0 amide bonds. The molecule has 1 fully saturated rings. The zero-order chi connectivity index (χ0) is 13.5. The van der Waals surface area contributed by atoms with Crippen LogP contribution in [0.25, 0.3) is 0 Å². The predicted molar refractivity (Wildman–Crippen MR) is 73.9 cm³/mol. The largest absolute Gasteiger partial charge is 0.469 e. The van der Waals surface area contributed by atoms with Crippen LogP contribution >= 0.6 is 0 Å². The third-order valence-corrected chi connectivity index (χ3v) is 3.75. The van der Waals surface area contributed by atoms with E-state index in [4.69, 9.17) is 9.47 Å². The minimum absolute atomic E-state index is 0.0323. The summed E-state index contributed by atoms with van der Waals surface area (Å²) in [5.74, 6) is -0.270. The van der Waals surface area contributed by atoms with Crippen LogP contribution in [0.5, 0.6) is 0 Å². The lowest BCUT2D eigenvalue weighted by Crippen LogP contribution is -2.34. The van der Waals surface area contributed by atoms with Crippen LogP contribution in [0.4, 0.5) is 0 Å². The van der Waals surface area contributed by atoms with Crippen LogP contribution < -0.4 is 0 Å². The lowest BCUT2D eigenvalue weighted by Gasteiger charge is -2.28. The highest BCUT2D eigenvalue weighted by Crippen LogP contribution is 2.25. The first-order valence-corrected chi connectivity index (χ1v) is 7.04. The average Bonchev–Trinajstić information content (AvgIpc) is 2.49. The number of hydrogen-bond donors (Lipinski definition) is 0. The molecule has 0 aliphatic carbocycles. The second kappa shape index (κ2) is 7.29. The van der Waals surface area contributed by atoms with Crippen molar-refractivity contribution in [3.63, 3.8) is 0 Å². The molecule has 19 heavy (non-hydrogen) atoms. The highest BCUT2D eigenvalue weighted by Gasteiger charge is 2.30. The minimum atomic E-state index is -0.136. The van der Waals surface area contributed by atoms with E-state index in [0.717, 1.165) is 38.7 Å². The van der Waals surface area contributed by atoms with Crippen LogP contribution in [0.2, 0.25) is 0 Å². The molecule has 0 radical (unpaired) electrons. The monoisotopic (exact) mass is 262 g/mol. The highest BCUT2D eigenvalue weighted by atomic mass is 16.5. The first kappa shape index (κ1) is 14.1. The number of esters is 1.